The van der Waals surface area contributed by atoms with Crippen LogP contribution in [0.15, 0.2) is 36.4 Å². The number of benzene rings is 2. The van der Waals surface area contributed by atoms with Gasteiger partial charge < -0.3 is 4.74 Å². The first-order valence-electron chi connectivity index (χ1n) is 10.6. The van der Waals surface area contributed by atoms with Crippen molar-refractivity contribution in [2.24, 2.45) is 0 Å². The standard InChI is InChI=1S/C23H32N2O5S2/c1-23(2,3)21-16-20(25-13-6-14-32(25,28)29)15-18(22(21)30-4)10-7-17-8-11-19(12-9-17)24-31(5,26)27/h8-9,11-12,15-16,24H,6-7,10,13-14H2,1-5H3. The number of hydrogen-bond donors (Lipinski definition) is 1. The number of hydrogen-bond acceptors (Lipinski definition) is 5. The van der Waals surface area contributed by atoms with Gasteiger partial charge in [-0.2, -0.15) is 0 Å². The van der Waals surface area contributed by atoms with Gasteiger partial charge in [0.05, 0.1) is 24.8 Å². The zero-order valence-electron chi connectivity index (χ0n) is 19.3. The number of rotatable bonds is 7. The molecule has 2 aromatic carbocycles. The van der Waals surface area contributed by atoms with Crippen LogP contribution in [0.1, 0.15) is 43.9 Å². The predicted octanol–water partition coefficient (Wildman–Crippen LogP) is 3.69. The van der Waals surface area contributed by atoms with Crippen molar-refractivity contribution >= 4 is 31.4 Å². The summed E-state index contributed by atoms with van der Waals surface area (Å²) >= 11 is 0. The smallest absolute Gasteiger partial charge is 0.235 e. The molecule has 1 heterocycles. The Balaban J connectivity index is 1.93. The van der Waals surface area contributed by atoms with Crippen LogP contribution in [0.25, 0.3) is 0 Å². The van der Waals surface area contributed by atoms with E-state index in [1.807, 2.05) is 24.3 Å². The summed E-state index contributed by atoms with van der Waals surface area (Å²) < 4.78 is 57.6. The molecule has 0 saturated carbocycles. The van der Waals surface area contributed by atoms with E-state index in [1.165, 1.54) is 4.31 Å². The van der Waals surface area contributed by atoms with Gasteiger partial charge in [-0.3, -0.25) is 9.03 Å². The molecular weight excluding hydrogens is 448 g/mol. The van der Waals surface area contributed by atoms with Crippen molar-refractivity contribution in [1.29, 1.82) is 0 Å². The van der Waals surface area contributed by atoms with E-state index >= 15 is 0 Å². The van der Waals surface area contributed by atoms with Crippen LogP contribution >= 0.6 is 0 Å². The molecule has 2 aromatic rings. The van der Waals surface area contributed by atoms with Crippen molar-refractivity contribution < 1.29 is 21.6 Å². The Morgan fingerprint density at radius 2 is 1.75 bits per heavy atom. The van der Waals surface area contributed by atoms with Gasteiger partial charge in [0.15, 0.2) is 0 Å². The van der Waals surface area contributed by atoms with Crippen LogP contribution < -0.4 is 13.8 Å². The first-order valence-corrected chi connectivity index (χ1v) is 14.1. The fraction of sp³-hybridized carbons (Fsp3) is 0.478. The van der Waals surface area contributed by atoms with E-state index in [1.54, 1.807) is 19.2 Å². The topological polar surface area (TPSA) is 92.8 Å². The number of ether oxygens (including phenoxy) is 1. The fourth-order valence-electron chi connectivity index (χ4n) is 3.96. The van der Waals surface area contributed by atoms with Crippen molar-refractivity contribution in [1.82, 2.24) is 0 Å². The lowest BCUT2D eigenvalue weighted by Gasteiger charge is -2.27. The van der Waals surface area contributed by atoms with Crippen molar-refractivity contribution in [3.05, 3.63) is 53.1 Å². The van der Waals surface area contributed by atoms with E-state index in [9.17, 15) is 16.8 Å². The first-order chi connectivity index (χ1) is 14.8. The summed E-state index contributed by atoms with van der Waals surface area (Å²) in [5, 5.41) is 0. The zero-order chi connectivity index (χ0) is 23.7. The van der Waals surface area contributed by atoms with Gasteiger partial charge >= 0.3 is 0 Å². The lowest BCUT2D eigenvalue weighted by atomic mass is 9.84. The van der Waals surface area contributed by atoms with Gasteiger partial charge in [-0.1, -0.05) is 32.9 Å². The van der Waals surface area contributed by atoms with Crippen LogP contribution in [-0.4, -0.2) is 42.5 Å². The van der Waals surface area contributed by atoms with E-state index in [4.69, 9.17) is 4.74 Å². The molecule has 0 unspecified atom stereocenters. The van der Waals surface area contributed by atoms with E-state index in [2.05, 4.69) is 25.5 Å². The highest BCUT2D eigenvalue weighted by Crippen LogP contribution is 2.39. The largest absolute Gasteiger partial charge is 0.496 e. The highest BCUT2D eigenvalue weighted by Gasteiger charge is 2.31. The first kappa shape index (κ1) is 24.4. The molecule has 1 aliphatic rings. The number of anilines is 2. The van der Waals surface area contributed by atoms with Crippen LogP contribution in [-0.2, 0) is 38.3 Å². The third-order valence-electron chi connectivity index (χ3n) is 5.49. The molecule has 0 radical (unpaired) electrons. The average Bonchev–Trinajstić information content (AvgIpc) is 3.03. The molecule has 0 spiro atoms. The second kappa shape index (κ2) is 8.94. The molecule has 1 aliphatic heterocycles. The SMILES string of the molecule is COc1c(CCc2ccc(NS(C)(=O)=O)cc2)cc(N2CCCS2(=O)=O)cc1C(C)(C)C. The molecule has 0 aliphatic carbocycles. The molecule has 0 bridgehead atoms. The number of sulfonamides is 2. The monoisotopic (exact) mass is 480 g/mol. The quantitative estimate of drug-likeness (QED) is 0.652. The summed E-state index contributed by atoms with van der Waals surface area (Å²) in [4.78, 5) is 0. The number of aryl methyl sites for hydroxylation is 2. The van der Waals surface area contributed by atoms with Gasteiger partial charge in [-0.25, -0.2) is 16.8 Å². The van der Waals surface area contributed by atoms with Crippen LogP contribution in [0.4, 0.5) is 11.4 Å². The number of nitrogens with one attached hydrogen (secondary N) is 1. The minimum absolute atomic E-state index is 0.174. The van der Waals surface area contributed by atoms with Crippen molar-refractivity contribution in [2.75, 3.05) is 34.7 Å². The van der Waals surface area contributed by atoms with Crippen LogP contribution in [0.5, 0.6) is 5.75 Å². The number of nitrogens with zero attached hydrogens (tertiary/aromatic N) is 1. The van der Waals surface area contributed by atoms with Crippen LogP contribution in [0.3, 0.4) is 0 Å². The molecule has 1 fully saturated rings. The summed E-state index contributed by atoms with van der Waals surface area (Å²) in [5.74, 6) is 0.959. The minimum atomic E-state index is -3.32. The third kappa shape index (κ3) is 5.75. The minimum Gasteiger partial charge on any atom is -0.496 e. The average molecular weight is 481 g/mol. The van der Waals surface area contributed by atoms with Crippen molar-refractivity contribution in [3.63, 3.8) is 0 Å². The maximum Gasteiger partial charge on any atom is 0.235 e. The Bertz CT molecular complexity index is 1180. The van der Waals surface area contributed by atoms with Crippen LogP contribution in [0.2, 0.25) is 0 Å². The van der Waals surface area contributed by atoms with Crippen LogP contribution in [0, 0.1) is 0 Å². The lowest BCUT2D eigenvalue weighted by molar-refractivity contribution is 0.392. The molecule has 7 nitrogen and oxygen atoms in total. The molecule has 176 valence electrons. The Morgan fingerprint density at radius 1 is 1.09 bits per heavy atom. The number of methoxy groups -OCH3 is 1. The predicted molar refractivity (Wildman–Crippen MR) is 130 cm³/mol. The Kier molecular flexibility index (Phi) is 6.81. The summed E-state index contributed by atoms with van der Waals surface area (Å²) in [6.07, 6.45) is 3.11. The highest BCUT2D eigenvalue weighted by molar-refractivity contribution is 7.93. The molecule has 9 heteroatoms. The summed E-state index contributed by atoms with van der Waals surface area (Å²) in [6.45, 7) is 6.76. The molecule has 3 rings (SSSR count). The van der Waals surface area contributed by atoms with E-state index < -0.39 is 20.0 Å². The third-order valence-corrected chi connectivity index (χ3v) is 7.97. The lowest BCUT2D eigenvalue weighted by Crippen LogP contribution is -2.26. The van der Waals surface area contributed by atoms with E-state index in [0.29, 0.717) is 37.2 Å². The van der Waals surface area contributed by atoms with Gasteiger partial charge in [0.2, 0.25) is 20.0 Å². The maximum atomic E-state index is 12.5. The molecule has 1 saturated heterocycles. The molecular formula is C23H32N2O5S2. The maximum absolute atomic E-state index is 12.5. The Morgan fingerprint density at radius 3 is 2.25 bits per heavy atom. The van der Waals surface area contributed by atoms with Gasteiger partial charge in [0.25, 0.3) is 0 Å². The molecule has 1 N–H and O–H groups in total. The molecule has 0 atom stereocenters. The van der Waals surface area contributed by atoms with E-state index in [0.717, 1.165) is 28.7 Å². The van der Waals surface area contributed by atoms with Crippen molar-refractivity contribution in [3.8, 4) is 5.75 Å². The summed E-state index contributed by atoms with van der Waals surface area (Å²) in [7, 11) is -4.96. The molecule has 0 amide bonds. The zero-order valence-corrected chi connectivity index (χ0v) is 20.9. The normalized spacial score (nSPS) is 16.2. The highest BCUT2D eigenvalue weighted by atomic mass is 32.2. The Labute approximate surface area is 191 Å². The van der Waals surface area contributed by atoms with Gasteiger partial charge in [-0.15, -0.1) is 0 Å². The second-order valence-electron chi connectivity index (χ2n) is 9.25. The van der Waals surface area contributed by atoms with E-state index in [-0.39, 0.29) is 11.2 Å². The fourth-order valence-corrected chi connectivity index (χ4v) is 6.07. The molecule has 32 heavy (non-hydrogen) atoms. The summed E-state index contributed by atoms with van der Waals surface area (Å²) in [6, 6.07) is 11.1. The van der Waals surface area contributed by atoms with Crippen molar-refractivity contribution in [2.45, 2.75) is 45.4 Å². The van der Waals surface area contributed by atoms with Gasteiger partial charge in [-0.05, 0) is 60.1 Å². The Hall–Kier alpha value is -2.26. The second-order valence-corrected chi connectivity index (χ2v) is 13.0. The van der Waals surface area contributed by atoms with Gasteiger partial charge in [0.1, 0.15) is 5.75 Å². The van der Waals surface area contributed by atoms with Gasteiger partial charge in [0, 0.05) is 17.8 Å². The summed E-state index contributed by atoms with van der Waals surface area (Å²) in [5.41, 5.74) is 3.96. The molecule has 0 aromatic heterocycles.